The Morgan fingerprint density at radius 2 is 1.02 bits per heavy atom. The van der Waals surface area contributed by atoms with E-state index in [1.807, 2.05) is 12.1 Å². The summed E-state index contributed by atoms with van der Waals surface area (Å²) in [6.07, 6.45) is 11.1. The predicted molar refractivity (Wildman–Crippen MR) is 168 cm³/mol. The minimum absolute atomic E-state index is 0.105. The van der Waals surface area contributed by atoms with Crippen LogP contribution >= 0.6 is 0 Å². The Hall–Kier alpha value is -3.02. The van der Waals surface area contributed by atoms with Gasteiger partial charge in [-0.15, -0.1) is 0 Å². The van der Waals surface area contributed by atoms with E-state index in [0.717, 1.165) is 81.8 Å². The number of hydrogen-bond acceptors (Lipinski definition) is 4. The van der Waals surface area contributed by atoms with Crippen LogP contribution in [0.3, 0.4) is 0 Å². The van der Waals surface area contributed by atoms with Crippen molar-refractivity contribution in [2.24, 2.45) is 11.8 Å². The summed E-state index contributed by atoms with van der Waals surface area (Å²) in [6, 6.07) is 11.7. The Morgan fingerprint density at radius 1 is 0.610 bits per heavy atom. The standard InChI is InChI=1S/C35H54N2O4/c1-26(2)22-30-24-28(16-18-32(30)38)12-6-8-14-34(40)36-20-10-5-11-21-37-35(41)15-9-7-13-29-17-19-33(39)31(25-29)23-27(3)4/h16-19,24-27,38-39H,5-15,20-23H2,1-4H3,(H,36,40)(H,37,41). The van der Waals surface area contributed by atoms with Crippen molar-refractivity contribution in [3.05, 3.63) is 58.7 Å². The molecule has 2 aromatic rings. The molecular formula is C35H54N2O4. The van der Waals surface area contributed by atoms with Gasteiger partial charge in [0, 0.05) is 25.9 Å². The third kappa shape index (κ3) is 15.0. The summed E-state index contributed by atoms with van der Waals surface area (Å²) in [5.41, 5.74) is 4.45. The van der Waals surface area contributed by atoms with Crippen molar-refractivity contribution in [1.29, 1.82) is 0 Å². The molecule has 2 rings (SSSR count). The number of rotatable bonds is 20. The summed E-state index contributed by atoms with van der Waals surface area (Å²) < 4.78 is 0. The first-order valence-corrected chi connectivity index (χ1v) is 15.8. The quantitative estimate of drug-likeness (QED) is 0.129. The van der Waals surface area contributed by atoms with Crippen molar-refractivity contribution < 1.29 is 19.8 Å². The molecule has 2 aromatic carbocycles. The van der Waals surface area contributed by atoms with Crippen molar-refractivity contribution in [3.8, 4) is 11.5 Å². The molecule has 0 aromatic heterocycles. The van der Waals surface area contributed by atoms with Gasteiger partial charge in [-0.3, -0.25) is 9.59 Å². The van der Waals surface area contributed by atoms with Gasteiger partial charge in [-0.2, -0.15) is 0 Å². The second kappa shape index (κ2) is 19.2. The fourth-order valence-electron chi connectivity index (χ4n) is 5.08. The van der Waals surface area contributed by atoms with Crippen LogP contribution in [0, 0.1) is 11.8 Å². The molecule has 0 atom stereocenters. The van der Waals surface area contributed by atoms with Crippen LogP contribution in [0.2, 0.25) is 0 Å². The molecule has 4 N–H and O–H groups in total. The average Bonchev–Trinajstić information content (AvgIpc) is 2.91. The summed E-state index contributed by atoms with van der Waals surface area (Å²) in [4.78, 5) is 24.3. The highest BCUT2D eigenvalue weighted by atomic mass is 16.3. The van der Waals surface area contributed by atoms with Gasteiger partial charge in [-0.25, -0.2) is 0 Å². The topological polar surface area (TPSA) is 98.7 Å². The zero-order valence-electron chi connectivity index (χ0n) is 25.9. The Bertz CT molecular complexity index is 981. The van der Waals surface area contributed by atoms with E-state index in [0.29, 0.717) is 49.3 Å². The Balaban J connectivity index is 1.45. The number of aromatic hydroxyl groups is 2. The van der Waals surface area contributed by atoms with Crippen LogP contribution in [0.15, 0.2) is 36.4 Å². The zero-order chi connectivity index (χ0) is 30.0. The lowest BCUT2D eigenvalue weighted by molar-refractivity contribution is -0.121. The molecule has 0 heterocycles. The first-order valence-electron chi connectivity index (χ1n) is 15.8. The van der Waals surface area contributed by atoms with Gasteiger partial charge in [0.25, 0.3) is 0 Å². The number of phenols is 2. The van der Waals surface area contributed by atoms with E-state index in [2.05, 4.69) is 50.5 Å². The smallest absolute Gasteiger partial charge is 0.219 e. The number of hydrogen-bond donors (Lipinski definition) is 4. The van der Waals surface area contributed by atoms with E-state index in [4.69, 9.17) is 0 Å². The van der Waals surface area contributed by atoms with Crippen molar-refractivity contribution >= 4 is 11.8 Å². The molecule has 0 aliphatic heterocycles. The molecule has 0 saturated carbocycles. The van der Waals surface area contributed by atoms with Crippen molar-refractivity contribution in [2.75, 3.05) is 13.1 Å². The molecule has 2 amide bonds. The number of benzene rings is 2. The molecule has 0 saturated heterocycles. The van der Waals surface area contributed by atoms with Crippen molar-refractivity contribution in [1.82, 2.24) is 10.6 Å². The predicted octanol–water partition coefficient (Wildman–Crippen LogP) is 7.02. The van der Waals surface area contributed by atoms with Crippen LogP contribution in [-0.2, 0) is 35.3 Å². The first-order chi connectivity index (χ1) is 19.6. The van der Waals surface area contributed by atoms with Gasteiger partial charge < -0.3 is 20.8 Å². The third-order valence-electron chi connectivity index (χ3n) is 7.28. The van der Waals surface area contributed by atoms with E-state index in [9.17, 15) is 19.8 Å². The van der Waals surface area contributed by atoms with E-state index < -0.39 is 0 Å². The molecule has 0 fully saturated rings. The molecule has 6 heteroatoms. The van der Waals surface area contributed by atoms with Crippen molar-refractivity contribution in [3.63, 3.8) is 0 Å². The number of amides is 2. The van der Waals surface area contributed by atoms with Crippen LogP contribution in [0.5, 0.6) is 11.5 Å². The molecule has 0 aliphatic carbocycles. The number of aryl methyl sites for hydroxylation is 2. The molecule has 0 unspecified atom stereocenters. The van der Waals surface area contributed by atoms with E-state index in [1.54, 1.807) is 12.1 Å². The van der Waals surface area contributed by atoms with E-state index in [-0.39, 0.29) is 11.8 Å². The first kappa shape index (κ1) is 34.2. The fraction of sp³-hybridized carbons (Fsp3) is 0.600. The molecule has 6 nitrogen and oxygen atoms in total. The number of nitrogens with one attached hydrogen (secondary N) is 2. The molecule has 0 spiro atoms. The highest BCUT2D eigenvalue weighted by Gasteiger charge is 2.08. The summed E-state index contributed by atoms with van der Waals surface area (Å²) in [6.45, 7) is 9.96. The van der Waals surface area contributed by atoms with Gasteiger partial charge in [0.05, 0.1) is 0 Å². The normalized spacial score (nSPS) is 11.3. The van der Waals surface area contributed by atoms with E-state index >= 15 is 0 Å². The lowest BCUT2D eigenvalue weighted by Crippen LogP contribution is -2.25. The average molecular weight is 567 g/mol. The minimum Gasteiger partial charge on any atom is -0.508 e. The number of phenolic OH excluding ortho intramolecular Hbond substituents is 2. The highest BCUT2D eigenvalue weighted by molar-refractivity contribution is 5.76. The summed E-state index contributed by atoms with van der Waals surface area (Å²) in [5.74, 6) is 1.96. The molecular weight excluding hydrogens is 512 g/mol. The van der Waals surface area contributed by atoms with Gasteiger partial charge in [0.1, 0.15) is 11.5 Å². The summed E-state index contributed by atoms with van der Waals surface area (Å²) in [5, 5.41) is 26.1. The maximum absolute atomic E-state index is 12.1. The van der Waals surface area contributed by atoms with Crippen LogP contribution in [0.1, 0.15) is 108 Å². The van der Waals surface area contributed by atoms with Crippen LogP contribution in [-0.4, -0.2) is 35.1 Å². The van der Waals surface area contributed by atoms with Gasteiger partial charge in [-0.05, 0) is 117 Å². The minimum atomic E-state index is 0.105. The largest absolute Gasteiger partial charge is 0.508 e. The lowest BCUT2D eigenvalue weighted by Gasteiger charge is -2.10. The molecule has 0 bridgehead atoms. The van der Waals surface area contributed by atoms with Gasteiger partial charge in [-0.1, -0.05) is 52.0 Å². The van der Waals surface area contributed by atoms with Gasteiger partial charge in [0.15, 0.2) is 0 Å². The zero-order valence-corrected chi connectivity index (χ0v) is 25.9. The van der Waals surface area contributed by atoms with Crippen molar-refractivity contribution in [2.45, 2.75) is 111 Å². The Labute approximate surface area is 248 Å². The SMILES string of the molecule is CC(C)Cc1cc(CCCCC(=O)NCCCCCNC(=O)CCCCc2ccc(O)c(CC(C)C)c2)ccc1O. The molecule has 41 heavy (non-hydrogen) atoms. The maximum Gasteiger partial charge on any atom is 0.219 e. The highest BCUT2D eigenvalue weighted by Crippen LogP contribution is 2.24. The molecule has 0 aliphatic rings. The van der Waals surface area contributed by atoms with Gasteiger partial charge >= 0.3 is 0 Å². The van der Waals surface area contributed by atoms with Crippen LogP contribution in [0.4, 0.5) is 0 Å². The second-order valence-electron chi connectivity index (χ2n) is 12.3. The Kier molecular flexibility index (Phi) is 16.0. The molecule has 0 radical (unpaired) electrons. The number of unbranched alkanes of at least 4 members (excludes halogenated alkanes) is 4. The van der Waals surface area contributed by atoms with Gasteiger partial charge in [0.2, 0.25) is 11.8 Å². The number of carbonyl (C=O) groups is 2. The molecule has 228 valence electrons. The lowest BCUT2D eigenvalue weighted by atomic mass is 9.98. The fourth-order valence-corrected chi connectivity index (χ4v) is 5.08. The van der Waals surface area contributed by atoms with Crippen LogP contribution < -0.4 is 10.6 Å². The summed E-state index contributed by atoms with van der Waals surface area (Å²) in [7, 11) is 0. The maximum atomic E-state index is 12.1. The number of carbonyl (C=O) groups excluding carboxylic acids is 2. The Morgan fingerprint density at radius 3 is 1.41 bits per heavy atom. The second-order valence-corrected chi connectivity index (χ2v) is 12.3. The third-order valence-corrected chi connectivity index (χ3v) is 7.28. The monoisotopic (exact) mass is 566 g/mol. The van der Waals surface area contributed by atoms with Crippen LogP contribution in [0.25, 0.3) is 0 Å². The van der Waals surface area contributed by atoms with E-state index in [1.165, 1.54) is 11.1 Å². The summed E-state index contributed by atoms with van der Waals surface area (Å²) >= 11 is 0.